The molecule has 0 bridgehead atoms. The van der Waals surface area contributed by atoms with Gasteiger partial charge < -0.3 is 10.6 Å². The fourth-order valence-corrected chi connectivity index (χ4v) is 4.42. The van der Waals surface area contributed by atoms with Gasteiger partial charge in [0.25, 0.3) is 0 Å². The van der Waals surface area contributed by atoms with E-state index in [2.05, 4.69) is 40.6 Å². The maximum atomic E-state index is 12.3. The molecule has 2 fully saturated rings. The smallest absolute Gasteiger partial charge is 0.227 e. The molecular weight excluding hydrogens is 292 g/mol. The average Bonchev–Trinajstić information content (AvgIpc) is 2.97. The summed E-state index contributed by atoms with van der Waals surface area (Å²) < 4.78 is 0. The van der Waals surface area contributed by atoms with Crippen molar-refractivity contribution < 1.29 is 4.79 Å². The van der Waals surface area contributed by atoms with Gasteiger partial charge in [-0.25, -0.2) is 0 Å². The SMILES string of the molecule is CC(C(=O)Nc1cccc(CSC2CCCC2)c1)C1CNC1. The van der Waals surface area contributed by atoms with Crippen LogP contribution in [0.15, 0.2) is 24.3 Å². The highest BCUT2D eigenvalue weighted by Crippen LogP contribution is 2.32. The number of nitrogens with one attached hydrogen (secondary N) is 2. The van der Waals surface area contributed by atoms with Crippen molar-refractivity contribution in [2.45, 2.75) is 43.6 Å². The third-order valence-electron chi connectivity index (χ3n) is 4.92. The second-order valence-electron chi connectivity index (χ2n) is 6.61. The monoisotopic (exact) mass is 318 g/mol. The number of carbonyl (C=O) groups is 1. The Hall–Kier alpha value is -1.00. The van der Waals surface area contributed by atoms with Crippen molar-refractivity contribution in [3.05, 3.63) is 29.8 Å². The summed E-state index contributed by atoms with van der Waals surface area (Å²) in [6.45, 7) is 3.96. The molecule has 22 heavy (non-hydrogen) atoms. The maximum absolute atomic E-state index is 12.3. The lowest BCUT2D eigenvalue weighted by Gasteiger charge is -2.31. The lowest BCUT2D eigenvalue weighted by atomic mass is 9.88. The average molecular weight is 318 g/mol. The van der Waals surface area contributed by atoms with E-state index in [0.29, 0.717) is 5.92 Å². The number of hydrogen-bond acceptors (Lipinski definition) is 3. The van der Waals surface area contributed by atoms with E-state index in [-0.39, 0.29) is 11.8 Å². The summed E-state index contributed by atoms with van der Waals surface area (Å²) in [5.41, 5.74) is 2.25. The molecule has 120 valence electrons. The Morgan fingerprint density at radius 1 is 1.36 bits per heavy atom. The molecule has 2 aliphatic rings. The van der Waals surface area contributed by atoms with Gasteiger partial charge in [0, 0.05) is 22.6 Å². The Bertz CT molecular complexity index is 510. The Balaban J connectivity index is 1.52. The van der Waals surface area contributed by atoms with Crippen molar-refractivity contribution >= 4 is 23.4 Å². The zero-order valence-electron chi connectivity index (χ0n) is 13.3. The van der Waals surface area contributed by atoms with Crippen molar-refractivity contribution in [3.8, 4) is 0 Å². The van der Waals surface area contributed by atoms with E-state index in [1.165, 1.54) is 31.2 Å². The lowest BCUT2D eigenvalue weighted by molar-refractivity contribution is -0.121. The first-order chi connectivity index (χ1) is 10.7. The number of anilines is 1. The molecule has 1 aromatic carbocycles. The van der Waals surface area contributed by atoms with E-state index in [1.807, 2.05) is 13.0 Å². The van der Waals surface area contributed by atoms with Crippen molar-refractivity contribution in [1.29, 1.82) is 0 Å². The predicted octanol–water partition coefficient (Wildman–Crippen LogP) is 3.66. The van der Waals surface area contributed by atoms with Crippen LogP contribution in [0, 0.1) is 11.8 Å². The normalized spacial score (nSPS) is 20.6. The largest absolute Gasteiger partial charge is 0.326 e. The Morgan fingerprint density at radius 2 is 2.14 bits per heavy atom. The first-order valence-corrected chi connectivity index (χ1v) is 9.49. The van der Waals surface area contributed by atoms with Gasteiger partial charge in [-0.1, -0.05) is 31.9 Å². The third kappa shape index (κ3) is 4.05. The summed E-state index contributed by atoms with van der Waals surface area (Å²) in [6.07, 6.45) is 5.52. The quantitative estimate of drug-likeness (QED) is 0.841. The second kappa shape index (κ2) is 7.51. The minimum atomic E-state index is 0.0813. The van der Waals surface area contributed by atoms with Gasteiger partial charge in [0.15, 0.2) is 0 Å². The minimum Gasteiger partial charge on any atom is -0.326 e. The van der Waals surface area contributed by atoms with Crippen LogP contribution in [0.25, 0.3) is 0 Å². The number of amides is 1. The molecule has 0 spiro atoms. The second-order valence-corrected chi connectivity index (χ2v) is 7.90. The van der Waals surface area contributed by atoms with Crippen LogP contribution < -0.4 is 10.6 Å². The van der Waals surface area contributed by atoms with Gasteiger partial charge in [0.1, 0.15) is 0 Å². The minimum absolute atomic E-state index is 0.0813. The van der Waals surface area contributed by atoms with Gasteiger partial charge in [-0.3, -0.25) is 4.79 Å². The molecule has 4 heteroatoms. The third-order valence-corrected chi connectivity index (χ3v) is 6.36. The van der Waals surface area contributed by atoms with Gasteiger partial charge in [-0.15, -0.1) is 0 Å². The van der Waals surface area contributed by atoms with Crippen molar-refractivity contribution in [3.63, 3.8) is 0 Å². The van der Waals surface area contributed by atoms with Gasteiger partial charge >= 0.3 is 0 Å². The molecule has 0 radical (unpaired) electrons. The fraction of sp³-hybridized carbons (Fsp3) is 0.611. The number of hydrogen-bond donors (Lipinski definition) is 2. The van der Waals surface area contributed by atoms with E-state index in [0.717, 1.165) is 29.8 Å². The molecule has 1 amide bonds. The van der Waals surface area contributed by atoms with Crippen molar-refractivity contribution in [2.24, 2.45) is 11.8 Å². The van der Waals surface area contributed by atoms with Crippen LogP contribution in [0.4, 0.5) is 5.69 Å². The molecule has 1 saturated heterocycles. The summed E-state index contributed by atoms with van der Waals surface area (Å²) in [7, 11) is 0. The van der Waals surface area contributed by atoms with Gasteiger partial charge in [-0.2, -0.15) is 11.8 Å². The summed E-state index contributed by atoms with van der Waals surface area (Å²) in [6, 6.07) is 8.34. The first-order valence-electron chi connectivity index (χ1n) is 8.44. The molecule has 1 unspecified atom stereocenters. The number of rotatable bonds is 6. The summed E-state index contributed by atoms with van der Waals surface area (Å²) in [4.78, 5) is 12.3. The molecule has 1 atom stereocenters. The van der Waals surface area contributed by atoms with E-state index in [4.69, 9.17) is 0 Å². The van der Waals surface area contributed by atoms with Crippen LogP contribution in [0.1, 0.15) is 38.2 Å². The summed E-state index contributed by atoms with van der Waals surface area (Å²) in [5, 5.41) is 7.15. The zero-order chi connectivity index (χ0) is 15.4. The van der Waals surface area contributed by atoms with Crippen molar-refractivity contribution in [1.82, 2.24) is 5.32 Å². The van der Waals surface area contributed by atoms with Gasteiger partial charge in [0.2, 0.25) is 5.91 Å². The zero-order valence-corrected chi connectivity index (χ0v) is 14.1. The maximum Gasteiger partial charge on any atom is 0.227 e. The van der Waals surface area contributed by atoms with E-state index in [9.17, 15) is 4.79 Å². The van der Waals surface area contributed by atoms with Crippen LogP contribution >= 0.6 is 11.8 Å². The Morgan fingerprint density at radius 3 is 2.82 bits per heavy atom. The highest BCUT2D eigenvalue weighted by atomic mass is 32.2. The summed E-state index contributed by atoms with van der Waals surface area (Å²) >= 11 is 2.07. The molecule has 0 aromatic heterocycles. The topological polar surface area (TPSA) is 41.1 Å². The van der Waals surface area contributed by atoms with Gasteiger partial charge in [-0.05, 0) is 49.5 Å². The van der Waals surface area contributed by atoms with Crippen LogP contribution in [0.5, 0.6) is 0 Å². The van der Waals surface area contributed by atoms with Crippen LogP contribution in [0.3, 0.4) is 0 Å². The van der Waals surface area contributed by atoms with E-state index < -0.39 is 0 Å². The Kier molecular flexibility index (Phi) is 5.42. The van der Waals surface area contributed by atoms with Crippen LogP contribution in [-0.4, -0.2) is 24.2 Å². The van der Waals surface area contributed by atoms with Gasteiger partial charge in [0.05, 0.1) is 0 Å². The lowest BCUT2D eigenvalue weighted by Crippen LogP contribution is -2.48. The number of carbonyl (C=O) groups excluding carboxylic acids is 1. The first kappa shape index (κ1) is 15.9. The molecule has 1 heterocycles. The number of benzene rings is 1. The van der Waals surface area contributed by atoms with E-state index >= 15 is 0 Å². The summed E-state index contributed by atoms with van der Waals surface area (Å²) in [5.74, 6) is 1.77. The molecule has 1 aliphatic heterocycles. The molecule has 1 aromatic rings. The predicted molar refractivity (Wildman–Crippen MR) is 94.1 cm³/mol. The Labute approximate surface area is 137 Å². The van der Waals surface area contributed by atoms with E-state index in [1.54, 1.807) is 0 Å². The molecule has 1 aliphatic carbocycles. The van der Waals surface area contributed by atoms with Crippen LogP contribution in [-0.2, 0) is 10.5 Å². The molecule has 2 N–H and O–H groups in total. The van der Waals surface area contributed by atoms with Crippen LogP contribution in [0.2, 0.25) is 0 Å². The highest BCUT2D eigenvalue weighted by Gasteiger charge is 2.28. The highest BCUT2D eigenvalue weighted by molar-refractivity contribution is 7.99. The fourth-order valence-electron chi connectivity index (χ4n) is 3.14. The molecule has 1 saturated carbocycles. The number of thioether (sulfide) groups is 1. The van der Waals surface area contributed by atoms with Crippen molar-refractivity contribution in [2.75, 3.05) is 18.4 Å². The standard InChI is InChI=1S/C18H26N2OS/c1-13(15-10-19-11-15)18(21)20-16-6-4-5-14(9-16)12-22-17-7-2-3-8-17/h4-6,9,13,15,17,19H,2-3,7-8,10-12H2,1H3,(H,20,21). The molecular formula is C18H26N2OS. The molecule has 3 rings (SSSR count). The molecule has 3 nitrogen and oxygen atoms in total.